The topological polar surface area (TPSA) is 26.3 Å². The minimum absolute atomic E-state index is 0.540. The first-order valence-corrected chi connectivity index (χ1v) is 10.9. The molecule has 0 unspecified atom stereocenters. The molecule has 0 bridgehead atoms. The van der Waals surface area contributed by atoms with Gasteiger partial charge in [-0.2, -0.15) is 0 Å². The van der Waals surface area contributed by atoms with E-state index in [4.69, 9.17) is 4.52 Å². The van der Waals surface area contributed by atoms with E-state index < -0.39 is 19.0 Å². The Labute approximate surface area is 155 Å². The van der Waals surface area contributed by atoms with Gasteiger partial charge in [0.1, 0.15) is 0 Å². The van der Waals surface area contributed by atoms with Crippen molar-refractivity contribution >= 4 is 28.7 Å². The number of alkyl halides is 3. The summed E-state index contributed by atoms with van der Waals surface area (Å²) in [6.07, 6.45) is -5.10. The van der Waals surface area contributed by atoms with Crippen LogP contribution in [0.3, 0.4) is 0 Å². The van der Waals surface area contributed by atoms with Crippen molar-refractivity contribution in [3.8, 4) is 0 Å². The predicted molar refractivity (Wildman–Crippen MR) is 103 cm³/mol. The molecule has 0 aliphatic carbocycles. The molecule has 0 saturated heterocycles. The third-order valence-electron chi connectivity index (χ3n) is 4.68. The van der Waals surface area contributed by atoms with Crippen LogP contribution in [0.2, 0.25) is 0 Å². The fraction of sp³-hybridized carbons (Fsp3) is 0.0952. The first-order valence-electron chi connectivity index (χ1n) is 8.26. The average molecular weight is 390 g/mol. The molecule has 0 aliphatic rings. The Bertz CT molecular complexity index is 826. The molecule has 3 rings (SSSR count). The van der Waals surface area contributed by atoms with Gasteiger partial charge in [0, 0.05) is 0 Å². The Hall–Kier alpha value is -2.65. The van der Waals surface area contributed by atoms with Crippen molar-refractivity contribution in [3.63, 3.8) is 0 Å². The molecular weight excluding hydrogens is 372 g/mol. The summed E-state index contributed by atoms with van der Waals surface area (Å²) >= 11 is 0. The molecule has 27 heavy (non-hydrogen) atoms. The molecule has 0 radical (unpaired) electrons. The Morgan fingerprint density at radius 1 is 0.704 bits per heavy atom. The zero-order chi connectivity index (χ0) is 19.6. The van der Waals surface area contributed by atoms with Crippen LogP contribution in [0, 0.1) is 0 Å². The molecule has 0 fully saturated rings. The van der Waals surface area contributed by atoms with E-state index in [-0.39, 0.29) is 0 Å². The SMILES string of the molecule is CP(OC(=O)C(F)(F)F)(c1ccccc1)(c1ccccc1)c1ccccc1. The van der Waals surface area contributed by atoms with Crippen molar-refractivity contribution in [2.45, 2.75) is 6.18 Å². The van der Waals surface area contributed by atoms with E-state index in [1.165, 1.54) is 0 Å². The maximum absolute atomic E-state index is 13.2. The fourth-order valence-corrected chi connectivity index (χ4v) is 7.62. The third kappa shape index (κ3) is 3.24. The van der Waals surface area contributed by atoms with Gasteiger partial charge in [-0.05, 0) is 0 Å². The van der Waals surface area contributed by atoms with Crippen LogP contribution in [0.25, 0.3) is 0 Å². The van der Waals surface area contributed by atoms with Gasteiger partial charge in [0.15, 0.2) is 0 Å². The molecule has 3 aromatic rings. The van der Waals surface area contributed by atoms with Crippen LogP contribution in [0.15, 0.2) is 91.0 Å². The number of benzene rings is 3. The van der Waals surface area contributed by atoms with Crippen LogP contribution < -0.4 is 15.9 Å². The second-order valence-corrected chi connectivity index (χ2v) is 11.0. The standard InChI is InChI=1S/C21H18F3O2P/c1-27(17-11-5-2-6-12-17,18-13-7-3-8-14-18,19-15-9-4-10-16-19)26-20(25)21(22,23)24/h2-16H,1H3. The molecule has 0 spiro atoms. The van der Waals surface area contributed by atoms with Crippen molar-refractivity contribution in [3.05, 3.63) is 91.0 Å². The molecule has 140 valence electrons. The molecule has 0 atom stereocenters. The summed E-state index contributed by atoms with van der Waals surface area (Å²) in [5, 5.41) is 1.62. The summed E-state index contributed by atoms with van der Waals surface area (Å²) in [6.45, 7) is -2.55. The van der Waals surface area contributed by atoms with E-state index in [1.807, 2.05) is 0 Å². The van der Waals surface area contributed by atoms with Gasteiger partial charge in [-0.25, -0.2) is 0 Å². The fourth-order valence-electron chi connectivity index (χ4n) is 3.23. The molecule has 3 aromatic carbocycles. The van der Waals surface area contributed by atoms with Crippen molar-refractivity contribution in [2.24, 2.45) is 0 Å². The molecule has 0 saturated carbocycles. The summed E-state index contributed by atoms with van der Waals surface area (Å²) < 4.78 is 45.2. The molecule has 2 nitrogen and oxygen atoms in total. The van der Waals surface area contributed by atoms with E-state index in [0.29, 0.717) is 15.9 Å². The van der Waals surface area contributed by atoms with Gasteiger partial charge in [0.05, 0.1) is 0 Å². The van der Waals surface area contributed by atoms with Crippen LogP contribution in [0.5, 0.6) is 0 Å². The van der Waals surface area contributed by atoms with E-state index in [9.17, 15) is 18.0 Å². The van der Waals surface area contributed by atoms with E-state index in [2.05, 4.69) is 0 Å². The number of hydrogen-bond donors (Lipinski definition) is 0. The molecule has 0 amide bonds. The van der Waals surface area contributed by atoms with Crippen molar-refractivity contribution < 1.29 is 22.5 Å². The van der Waals surface area contributed by atoms with E-state index in [0.717, 1.165) is 0 Å². The van der Waals surface area contributed by atoms with Gasteiger partial charge in [-0.3, -0.25) is 0 Å². The second-order valence-electron chi connectivity index (χ2n) is 6.35. The van der Waals surface area contributed by atoms with Crippen LogP contribution in [-0.4, -0.2) is 18.8 Å². The predicted octanol–water partition coefficient (Wildman–Crippen LogP) is 4.17. The minimum atomic E-state index is -5.10. The quantitative estimate of drug-likeness (QED) is 0.626. The Kier molecular flexibility index (Phi) is 4.83. The first-order chi connectivity index (χ1) is 12.8. The maximum atomic E-state index is 13.2. The number of carbonyl (C=O) groups is 1. The number of carbonyl (C=O) groups excluding carboxylic acids is 1. The second kappa shape index (κ2) is 6.82. The Morgan fingerprint density at radius 3 is 1.26 bits per heavy atom. The summed E-state index contributed by atoms with van der Waals surface area (Å²) in [6, 6.07) is 25.9. The Balaban J connectivity index is 2.41. The molecule has 0 N–H and O–H groups in total. The summed E-state index contributed by atoms with van der Waals surface area (Å²) in [5.74, 6) is -2.20. The Morgan fingerprint density at radius 2 is 1.00 bits per heavy atom. The van der Waals surface area contributed by atoms with Crippen LogP contribution >= 0.6 is 6.83 Å². The summed E-state index contributed by atoms with van der Waals surface area (Å²) in [5.41, 5.74) is 0. The van der Waals surface area contributed by atoms with Gasteiger partial charge in [-0.1, -0.05) is 0 Å². The van der Waals surface area contributed by atoms with Gasteiger partial charge in [-0.15, -0.1) is 0 Å². The van der Waals surface area contributed by atoms with Crippen molar-refractivity contribution in [1.29, 1.82) is 0 Å². The summed E-state index contributed by atoms with van der Waals surface area (Å²) in [7, 11) is 0. The number of hydrogen-bond acceptors (Lipinski definition) is 2. The van der Waals surface area contributed by atoms with Gasteiger partial charge >= 0.3 is 155 Å². The molecule has 0 aliphatic heterocycles. The van der Waals surface area contributed by atoms with Gasteiger partial charge in [0.25, 0.3) is 0 Å². The van der Waals surface area contributed by atoms with Crippen molar-refractivity contribution in [2.75, 3.05) is 6.66 Å². The van der Waals surface area contributed by atoms with Crippen molar-refractivity contribution in [1.82, 2.24) is 0 Å². The zero-order valence-corrected chi connectivity index (χ0v) is 15.5. The average Bonchev–Trinajstić information content (AvgIpc) is 2.69. The molecule has 0 heterocycles. The van der Waals surface area contributed by atoms with Crippen LogP contribution in [0.4, 0.5) is 13.2 Å². The number of halogens is 3. The molecule has 6 heteroatoms. The first kappa shape index (κ1) is 19.1. The van der Waals surface area contributed by atoms with Gasteiger partial charge in [0.2, 0.25) is 0 Å². The van der Waals surface area contributed by atoms with E-state index >= 15 is 0 Å². The van der Waals surface area contributed by atoms with Crippen LogP contribution in [-0.2, 0) is 9.32 Å². The van der Waals surface area contributed by atoms with E-state index in [1.54, 1.807) is 97.7 Å². The summed E-state index contributed by atoms with van der Waals surface area (Å²) in [4.78, 5) is 12.1. The zero-order valence-electron chi connectivity index (χ0n) is 14.6. The van der Waals surface area contributed by atoms with Crippen LogP contribution in [0.1, 0.15) is 0 Å². The molecule has 0 aromatic heterocycles. The normalized spacial score (nSPS) is 13.4. The molecular formula is C21H18F3O2P. The third-order valence-corrected chi connectivity index (χ3v) is 9.92. The van der Waals surface area contributed by atoms with Gasteiger partial charge < -0.3 is 0 Å². The number of rotatable bonds is 4. The monoisotopic (exact) mass is 390 g/mol.